The standard InChI is InChI=1S/C19H28N2O2/c1-3-10-20(2)13-15-8-11-21(14-15)19(22)17-9-12-23-18-7-5-4-6-16(17)18/h4-7,15,17H,3,8-14H2,1-2H3/t15-,17-/m0/s1. The molecular formula is C19H28N2O2. The minimum Gasteiger partial charge on any atom is -0.493 e. The number of fused-ring (bicyclic) bond motifs is 1. The van der Waals surface area contributed by atoms with E-state index < -0.39 is 0 Å². The Kier molecular flexibility index (Phi) is 5.21. The first kappa shape index (κ1) is 16.3. The molecule has 0 saturated carbocycles. The molecule has 3 rings (SSSR count). The van der Waals surface area contributed by atoms with Gasteiger partial charge in [-0.1, -0.05) is 25.1 Å². The van der Waals surface area contributed by atoms with Crippen LogP contribution in [0.3, 0.4) is 0 Å². The molecule has 0 spiro atoms. The molecule has 23 heavy (non-hydrogen) atoms. The van der Waals surface area contributed by atoms with Gasteiger partial charge in [-0.2, -0.15) is 0 Å². The molecule has 2 heterocycles. The van der Waals surface area contributed by atoms with E-state index in [-0.39, 0.29) is 5.92 Å². The molecule has 0 aliphatic carbocycles. The van der Waals surface area contributed by atoms with Crippen LogP contribution in [-0.2, 0) is 4.79 Å². The summed E-state index contributed by atoms with van der Waals surface area (Å²) in [5, 5.41) is 0. The molecule has 0 unspecified atom stereocenters. The van der Waals surface area contributed by atoms with Gasteiger partial charge in [0, 0.05) is 25.2 Å². The summed E-state index contributed by atoms with van der Waals surface area (Å²) in [6.45, 7) is 6.91. The van der Waals surface area contributed by atoms with E-state index in [0.717, 1.165) is 50.3 Å². The van der Waals surface area contributed by atoms with Gasteiger partial charge < -0.3 is 14.5 Å². The quantitative estimate of drug-likeness (QED) is 0.837. The summed E-state index contributed by atoms with van der Waals surface area (Å²) in [7, 11) is 2.18. The van der Waals surface area contributed by atoms with E-state index in [9.17, 15) is 4.79 Å². The summed E-state index contributed by atoms with van der Waals surface area (Å²) < 4.78 is 5.69. The Labute approximate surface area is 139 Å². The second-order valence-corrected chi connectivity index (χ2v) is 6.93. The third-order valence-corrected chi connectivity index (χ3v) is 5.03. The fourth-order valence-corrected chi connectivity index (χ4v) is 3.91. The summed E-state index contributed by atoms with van der Waals surface area (Å²) in [6.07, 6.45) is 3.11. The lowest BCUT2D eigenvalue weighted by atomic mass is 9.92. The van der Waals surface area contributed by atoms with E-state index in [4.69, 9.17) is 4.74 Å². The van der Waals surface area contributed by atoms with Gasteiger partial charge in [0.1, 0.15) is 5.75 Å². The molecule has 2 aliphatic rings. The fraction of sp³-hybridized carbons (Fsp3) is 0.632. The average molecular weight is 316 g/mol. The lowest BCUT2D eigenvalue weighted by molar-refractivity contribution is -0.132. The minimum atomic E-state index is -0.0212. The van der Waals surface area contributed by atoms with Gasteiger partial charge in [0.25, 0.3) is 0 Å². The van der Waals surface area contributed by atoms with E-state index in [1.165, 1.54) is 6.42 Å². The first-order chi connectivity index (χ1) is 11.2. The summed E-state index contributed by atoms with van der Waals surface area (Å²) in [4.78, 5) is 17.4. The second-order valence-electron chi connectivity index (χ2n) is 6.93. The van der Waals surface area contributed by atoms with E-state index in [1.54, 1.807) is 0 Å². The van der Waals surface area contributed by atoms with Crippen LogP contribution >= 0.6 is 0 Å². The van der Waals surface area contributed by atoms with Crippen molar-refractivity contribution in [3.63, 3.8) is 0 Å². The van der Waals surface area contributed by atoms with E-state index in [2.05, 4.69) is 23.8 Å². The molecular weight excluding hydrogens is 288 g/mol. The zero-order valence-corrected chi connectivity index (χ0v) is 14.3. The summed E-state index contributed by atoms with van der Waals surface area (Å²) in [5.41, 5.74) is 1.07. The van der Waals surface area contributed by atoms with Crippen molar-refractivity contribution >= 4 is 5.91 Å². The highest BCUT2D eigenvalue weighted by molar-refractivity contribution is 5.85. The van der Waals surface area contributed by atoms with Gasteiger partial charge in [0.15, 0.2) is 0 Å². The molecule has 0 N–H and O–H groups in total. The van der Waals surface area contributed by atoms with Crippen molar-refractivity contribution in [2.24, 2.45) is 5.92 Å². The van der Waals surface area contributed by atoms with Crippen molar-refractivity contribution in [1.82, 2.24) is 9.80 Å². The maximum absolute atomic E-state index is 13.0. The molecule has 1 amide bonds. The molecule has 1 saturated heterocycles. The molecule has 126 valence electrons. The number of carbonyl (C=O) groups excluding carboxylic acids is 1. The van der Waals surface area contributed by atoms with Gasteiger partial charge in [-0.05, 0) is 44.8 Å². The predicted octanol–water partition coefficient (Wildman–Crippen LogP) is 2.74. The van der Waals surface area contributed by atoms with E-state index in [1.807, 2.05) is 24.3 Å². The van der Waals surface area contributed by atoms with Crippen molar-refractivity contribution < 1.29 is 9.53 Å². The Morgan fingerprint density at radius 2 is 2.17 bits per heavy atom. The van der Waals surface area contributed by atoms with Crippen LogP contribution in [0.15, 0.2) is 24.3 Å². The van der Waals surface area contributed by atoms with Gasteiger partial charge in [0.05, 0.1) is 12.5 Å². The van der Waals surface area contributed by atoms with Crippen molar-refractivity contribution in [2.75, 3.05) is 39.8 Å². The highest BCUT2D eigenvalue weighted by atomic mass is 16.5. The third kappa shape index (κ3) is 3.69. The van der Waals surface area contributed by atoms with Crippen LogP contribution in [0.5, 0.6) is 5.75 Å². The zero-order valence-electron chi connectivity index (χ0n) is 14.3. The topological polar surface area (TPSA) is 32.8 Å². The summed E-state index contributed by atoms with van der Waals surface area (Å²) >= 11 is 0. The first-order valence-corrected chi connectivity index (χ1v) is 8.88. The Hall–Kier alpha value is -1.55. The number of nitrogens with zero attached hydrogens (tertiary/aromatic N) is 2. The van der Waals surface area contributed by atoms with Gasteiger partial charge in [-0.3, -0.25) is 4.79 Å². The van der Waals surface area contributed by atoms with Crippen LogP contribution in [0.4, 0.5) is 0 Å². The first-order valence-electron chi connectivity index (χ1n) is 8.88. The molecule has 1 fully saturated rings. The van der Waals surface area contributed by atoms with Gasteiger partial charge >= 0.3 is 0 Å². The zero-order chi connectivity index (χ0) is 16.2. The molecule has 4 heteroatoms. The molecule has 1 aromatic carbocycles. The predicted molar refractivity (Wildman–Crippen MR) is 91.8 cm³/mol. The number of carbonyl (C=O) groups is 1. The van der Waals surface area contributed by atoms with Crippen molar-refractivity contribution in [3.8, 4) is 5.75 Å². The minimum absolute atomic E-state index is 0.0212. The number of benzene rings is 1. The van der Waals surface area contributed by atoms with Gasteiger partial charge in [0.2, 0.25) is 5.91 Å². The van der Waals surface area contributed by atoms with Crippen LogP contribution in [0, 0.1) is 5.92 Å². The Bertz CT molecular complexity index is 546. The molecule has 1 aromatic rings. The molecule has 0 aromatic heterocycles. The molecule has 2 aliphatic heterocycles. The number of rotatable bonds is 5. The SMILES string of the molecule is CCCN(C)C[C@@H]1CCN(C(=O)[C@H]2CCOc3ccccc32)C1. The Morgan fingerprint density at radius 1 is 1.35 bits per heavy atom. The molecule has 4 nitrogen and oxygen atoms in total. The maximum Gasteiger partial charge on any atom is 0.230 e. The lowest BCUT2D eigenvalue weighted by Crippen LogP contribution is -2.36. The molecule has 2 atom stereocenters. The molecule has 0 radical (unpaired) electrons. The molecule has 0 bridgehead atoms. The van der Waals surface area contributed by atoms with Crippen LogP contribution < -0.4 is 4.74 Å². The Morgan fingerprint density at radius 3 is 3.00 bits per heavy atom. The van der Waals surface area contributed by atoms with Gasteiger partial charge in [-0.15, -0.1) is 0 Å². The number of para-hydroxylation sites is 1. The summed E-state index contributed by atoms with van der Waals surface area (Å²) in [6, 6.07) is 7.99. The highest BCUT2D eigenvalue weighted by Crippen LogP contribution is 2.35. The lowest BCUT2D eigenvalue weighted by Gasteiger charge is -2.29. The second kappa shape index (κ2) is 7.35. The van der Waals surface area contributed by atoms with Crippen LogP contribution in [-0.4, -0.2) is 55.5 Å². The van der Waals surface area contributed by atoms with Crippen molar-refractivity contribution in [3.05, 3.63) is 29.8 Å². The van der Waals surface area contributed by atoms with E-state index in [0.29, 0.717) is 18.4 Å². The summed E-state index contributed by atoms with van der Waals surface area (Å²) in [5.74, 6) is 1.77. The van der Waals surface area contributed by atoms with Crippen LogP contribution in [0.25, 0.3) is 0 Å². The smallest absolute Gasteiger partial charge is 0.230 e. The Balaban J connectivity index is 1.62. The monoisotopic (exact) mass is 316 g/mol. The normalized spacial score (nSPS) is 23.7. The average Bonchev–Trinajstić information content (AvgIpc) is 3.02. The third-order valence-electron chi connectivity index (χ3n) is 5.03. The fourth-order valence-electron chi connectivity index (χ4n) is 3.91. The number of hydrogen-bond acceptors (Lipinski definition) is 3. The largest absolute Gasteiger partial charge is 0.493 e. The van der Waals surface area contributed by atoms with Crippen molar-refractivity contribution in [2.45, 2.75) is 32.1 Å². The van der Waals surface area contributed by atoms with Crippen LogP contribution in [0.2, 0.25) is 0 Å². The highest BCUT2D eigenvalue weighted by Gasteiger charge is 2.34. The number of amides is 1. The van der Waals surface area contributed by atoms with E-state index >= 15 is 0 Å². The van der Waals surface area contributed by atoms with Crippen molar-refractivity contribution in [1.29, 1.82) is 0 Å². The van der Waals surface area contributed by atoms with Crippen LogP contribution in [0.1, 0.15) is 37.7 Å². The number of hydrogen-bond donors (Lipinski definition) is 0. The van der Waals surface area contributed by atoms with Gasteiger partial charge in [-0.25, -0.2) is 0 Å². The maximum atomic E-state index is 13.0. The number of likely N-dealkylation sites (tertiary alicyclic amines) is 1. The number of ether oxygens (including phenoxy) is 1.